The molecule has 1 aliphatic heterocycles. The molecule has 0 aromatic carbocycles. The number of aliphatic carboxylic acids is 1. The van der Waals surface area contributed by atoms with Crippen LogP contribution in [0.3, 0.4) is 0 Å². The van der Waals surface area contributed by atoms with Crippen molar-refractivity contribution in [2.75, 3.05) is 13.2 Å². The van der Waals surface area contributed by atoms with E-state index in [-0.39, 0.29) is 5.25 Å². The summed E-state index contributed by atoms with van der Waals surface area (Å²) >= 11 is 4.02. The van der Waals surface area contributed by atoms with Gasteiger partial charge in [-0.3, -0.25) is 0 Å². The molecule has 0 fully saturated rings. The van der Waals surface area contributed by atoms with Crippen molar-refractivity contribution in [3.63, 3.8) is 0 Å². The molecule has 56 valence electrons. The van der Waals surface area contributed by atoms with E-state index < -0.39 is 5.97 Å². The van der Waals surface area contributed by atoms with Gasteiger partial charge in [-0.1, -0.05) is 0 Å². The number of carboxylic acid groups (broad SMARTS) is 1. The topological polar surface area (TPSA) is 46.5 Å². The Labute approximate surface area is 64.1 Å². The SMILES string of the molecule is O=C(O)C1=CCOCC1S. The van der Waals surface area contributed by atoms with E-state index in [2.05, 4.69) is 12.6 Å². The smallest absolute Gasteiger partial charge is 0.332 e. The first kappa shape index (κ1) is 7.63. The van der Waals surface area contributed by atoms with Crippen LogP contribution in [0.15, 0.2) is 11.6 Å². The summed E-state index contributed by atoms with van der Waals surface area (Å²) in [4.78, 5) is 10.4. The fourth-order valence-corrected chi connectivity index (χ4v) is 1.11. The molecule has 0 saturated heterocycles. The highest BCUT2D eigenvalue weighted by atomic mass is 32.1. The summed E-state index contributed by atoms with van der Waals surface area (Å²) in [6.45, 7) is 0.778. The molecule has 1 rings (SSSR count). The van der Waals surface area contributed by atoms with Crippen molar-refractivity contribution >= 4 is 18.6 Å². The Morgan fingerprint density at radius 2 is 2.60 bits per heavy atom. The van der Waals surface area contributed by atoms with Crippen LogP contribution in [0.2, 0.25) is 0 Å². The van der Waals surface area contributed by atoms with Gasteiger partial charge in [0.1, 0.15) is 0 Å². The molecule has 4 heteroatoms. The Balaban J connectivity index is 2.71. The third-order valence-corrected chi connectivity index (χ3v) is 1.73. The van der Waals surface area contributed by atoms with Crippen LogP contribution < -0.4 is 0 Å². The Bertz CT molecular complexity index is 176. The molecule has 0 saturated carbocycles. The van der Waals surface area contributed by atoms with Crippen molar-refractivity contribution in [3.8, 4) is 0 Å². The Morgan fingerprint density at radius 1 is 1.90 bits per heavy atom. The van der Waals surface area contributed by atoms with Gasteiger partial charge in [-0.25, -0.2) is 4.79 Å². The average Bonchev–Trinajstić information content (AvgIpc) is 1.88. The summed E-state index contributed by atoms with van der Waals surface area (Å²) < 4.78 is 4.95. The normalized spacial score (nSPS) is 25.7. The molecule has 10 heavy (non-hydrogen) atoms. The van der Waals surface area contributed by atoms with Crippen LogP contribution in [0, 0.1) is 0 Å². The van der Waals surface area contributed by atoms with Gasteiger partial charge >= 0.3 is 5.97 Å². The van der Waals surface area contributed by atoms with Crippen molar-refractivity contribution in [2.24, 2.45) is 0 Å². The van der Waals surface area contributed by atoms with Crippen molar-refractivity contribution in [1.29, 1.82) is 0 Å². The van der Waals surface area contributed by atoms with E-state index in [9.17, 15) is 4.79 Å². The molecular weight excluding hydrogens is 152 g/mol. The second-order valence-corrected chi connectivity index (χ2v) is 2.64. The zero-order chi connectivity index (χ0) is 7.56. The first-order valence-corrected chi connectivity index (χ1v) is 3.42. The molecule has 1 N–H and O–H groups in total. The van der Waals surface area contributed by atoms with Crippen LogP contribution in [0.5, 0.6) is 0 Å². The minimum Gasteiger partial charge on any atom is -0.478 e. The van der Waals surface area contributed by atoms with Crippen molar-refractivity contribution in [3.05, 3.63) is 11.6 Å². The molecule has 1 aliphatic rings. The molecule has 0 radical (unpaired) electrons. The van der Waals surface area contributed by atoms with Gasteiger partial charge in [0.15, 0.2) is 0 Å². The van der Waals surface area contributed by atoms with E-state index in [1.807, 2.05) is 0 Å². The number of ether oxygens (including phenoxy) is 1. The van der Waals surface area contributed by atoms with Crippen LogP contribution in [-0.2, 0) is 9.53 Å². The second-order valence-electron chi connectivity index (χ2n) is 2.02. The van der Waals surface area contributed by atoms with Crippen molar-refractivity contribution < 1.29 is 14.6 Å². The van der Waals surface area contributed by atoms with Crippen LogP contribution in [0.1, 0.15) is 0 Å². The Kier molecular flexibility index (Phi) is 2.34. The van der Waals surface area contributed by atoms with E-state index >= 15 is 0 Å². The zero-order valence-electron chi connectivity index (χ0n) is 5.28. The quantitative estimate of drug-likeness (QED) is 0.543. The molecular formula is C6H8O3S. The standard InChI is InChI=1S/C6H8O3S/c7-6(8)4-1-2-9-3-5(4)10/h1,5,10H,2-3H2,(H,7,8). The van der Waals surface area contributed by atoms with E-state index in [1.54, 1.807) is 6.08 Å². The third-order valence-electron chi connectivity index (χ3n) is 1.30. The summed E-state index contributed by atoms with van der Waals surface area (Å²) in [5, 5.41) is 8.26. The lowest BCUT2D eigenvalue weighted by Gasteiger charge is -2.16. The molecule has 3 nitrogen and oxygen atoms in total. The van der Waals surface area contributed by atoms with E-state index in [0.29, 0.717) is 18.8 Å². The minimum atomic E-state index is -0.900. The number of hydrogen-bond donors (Lipinski definition) is 2. The van der Waals surface area contributed by atoms with E-state index in [1.165, 1.54) is 0 Å². The second kappa shape index (κ2) is 3.07. The van der Waals surface area contributed by atoms with Crippen LogP contribution in [0.4, 0.5) is 0 Å². The molecule has 0 aliphatic carbocycles. The highest BCUT2D eigenvalue weighted by Crippen LogP contribution is 2.13. The maximum Gasteiger partial charge on any atom is 0.332 e. The molecule has 1 atom stereocenters. The molecule has 1 unspecified atom stereocenters. The van der Waals surface area contributed by atoms with Crippen molar-refractivity contribution in [2.45, 2.75) is 5.25 Å². The van der Waals surface area contributed by atoms with E-state index in [4.69, 9.17) is 9.84 Å². The monoisotopic (exact) mass is 160 g/mol. The summed E-state index contributed by atoms with van der Waals surface area (Å²) in [6.07, 6.45) is 1.55. The van der Waals surface area contributed by atoms with E-state index in [0.717, 1.165) is 0 Å². The number of carboxylic acids is 1. The summed E-state index contributed by atoms with van der Waals surface area (Å²) in [5.41, 5.74) is 0.342. The van der Waals surface area contributed by atoms with Gasteiger partial charge in [-0.05, 0) is 6.08 Å². The Morgan fingerprint density at radius 3 is 3.00 bits per heavy atom. The fourth-order valence-electron chi connectivity index (χ4n) is 0.784. The molecule has 0 spiro atoms. The van der Waals surface area contributed by atoms with Gasteiger partial charge < -0.3 is 9.84 Å². The Hall–Kier alpha value is -0.480. The first-order valence-electron chi connectivity index (χ1n) is 2.91. The molecule has 1 heterocycles. The lowest BCUT2D eigenvalue weighted by atomic mass is 10.1. The fraction of sp³-hybridized carbons (Fsp3) is 0.500. The number of carbonyl (C=O) groups is 1. The van der Waals surface area contributed by atoms with Crippen LogP contribution in [-0.4, -0.2) is 29.5 Å². The van der Waals surface area contributed by atoms with Gasteiger partial charge in [0, 0.05) is 0 Å². The first-order chi connectivity index (χ1) is 4.72. The minimum absolute atomic E-state index is 0.272. The maximum absolute atomic E-state index is 10.4. The molecule has 0 aromatic rings. The number of rotatable bonds is 1. The lowest BCUT2D eigenvalue weighted by Crippen LogP contribution is -2.23. The highest BCUT2D eigenvalue weighted by molar-refractivity contribution is 7.81. The average molecular weight is 160 g/mol. The largest absolute Gasteiger partial charge is 0.478 e. The predicted molar refractivity (Wildman–Crippen MR) is 39.3 cm³/mol. The van der Waals surface area contributed by atoms with Gasteiger partial charge in [0.25, 0.3) is 0 Å². The molecule has 0 aromatic heterocycles. The highest BCUT2D eigenvalue weighted by Gasteiger charge is 2.19. The maximum atomic E-state index is 10.4. The van der Waals surface area contributed by atoms with Gasteiger partial charge in [-0.15, -0.1) is 0 Å². The zero-order valence-corrected chi connectivity index (χ0v) is 6.17. The summed E-state index contributed by atoms with van der Waals surface area (Å²) in [6, 6.07) is 0. The number of thiol groups is 1. The van der Waals surface area contributed by atoms with Crippen LogP contribution >= 0.6 is 12.6 Å². The van der Waals surface area contributed by atoms with Crippen LogP contribution in [0.25, 0.3) is 0 Å². The van der Waals surface area contributed by atoms with Crippen molar-refractivity contribution in [1.82, 2.24) is 0 Å². The van der Waals surface area contributed by atoms with Gasteiger partial charge in [0.05, 0.1) is 24.0 Å². The number of hydrogen-bond acceptors (Lipinski definition) is 3. The van der Waals surface area contributed by atoms with Gasteiger partial charge in [0.2, 0.25) is 0 Å². The third kappa shape index (κ3) is 1.52. The predicted octanol–water partition coefficient (Wildman–Crippen LogP) is 0.326. The summed E-state index contributed by atoms with van der Waals surface area (Å²) in [7, 11) is 0. The summed E-state index contributed by atoms with van der Waals surface area (Å²) in [5.74, 6) is -0.900. The lowest BCUT2D eigenvalue weighted by molar-refractivity contribution is -0.133. The molecule has 0 bridgehead atoms. The van der Waals surface area contributed by atoms with Gasteiger partial charge in [-0.2, -0.15) is 12.6 Å². The molecule has 0 amide bonds.